The smallest absolute Gasteiger partial charge is 0.333 e. The molecule has 31 heavy (non-hydrogen) atoms. The van der Waals surface area contributed by atoms with Crippen LogP contribution in [0, 0.1) is 13.8 Å². The van der Waals surface area contributed by atoms with Crippen molar-refractivity contribution < 1.29 is 9.53 Å². The number of carbonyl (C=O) groups excluding carboxylic acids is 1. The monoisotopic (exact) mass is 423 g/mol. The van der Waals surface area contributed by atoms with Crippen molar-refractivity contribution in [2.45, 2.75) is 40.3 Å². The molecule has 0 fully saturated rings. The van der Waals surface area contributed by atoms with Gasteiger partial charge in [0.15, 0.2) is 16.9 Å². The molecule has 0 unspecified atom stereocenters. The number of imidazole rings is 2. The zero-order valence-corrected chi connectivity index (χ0v) is 18.5. The summed E-state index contributed by atoms with van der Waals surface area (Å²) in [7, 11) is 3.19. The van der Waals surface area contributed by atoms with E-state index in [4.69, 9.17) is 4.74 Å². The van der Waals surface area contributed by atoms with E-state index in [9.17, 15) is 14.4 Å². The van der Waals surface area contributed by atoms with Crippen LogP contribution in [-0.2, 0) is 18.4 Å². The highest BCUT2D eigenvalue weighted by Gasteiger charge is 2.25. The van der Waals surface area contributed by atoms with E-state index >= 15 is 0 Å². The van der Waals surface area contributed by atoms with E-state index in [-0.39, 0.29) is 5.78 Å². The van der Waals surface area contributed by atoms with Crippen molar-refractivity contribution in [3.8, 4) is 5.75 Å². The molecule has 0 saturated carbocycles. The first kappa shape index (κ1) is 20.6. The average molecular weight is 423 g/mol. The number of carbonyl (C=O) groups is 1. The molecule has 0 aliphatic carbocycles. The van der Waals surface area contributed by atoms with Gasteiger partial charge in [-0.15, -0.1) is 0 Å². The average Bonchev–Trinajstić information content (AvgIpc) is 3.24. The molecule has 3 aromatic heterocycles. The van der Waals surface area contributed by atoms with E-state index in [1.807, 2.05) is 42.7 Å². The van der Waals surface area contributed by atoms with E-state index < -0.39 is 17.3 Å². The molecule has 0 spiro atoms. The van der Waals surface area contributed by atoms with E-state index in [0.717, 1.165) is 27.3 Å². The highest BCUT2D eigenvalue weighted by atomic mass is 16.5. The predicted molar refractivity (Wildman–Crippen MR) is 117 cm³/mol. The van der Waals surface area contributed by atoms with Crippen LogP contribution in [0.3, 0.4) is 0 Å². The molecular weight excluding hydrogens is 398 g/mol. The maximum atomic E-state index is 13.3. The Morgan fingerprint density at radius 2 is 1.77 bits per heavy atom. The number of ketones is 1. The van der Waals surface area contributed by atoms with Gasteiger partial charge in [0.25, 0.3) is 5.56 Å². The zero-order chi connectivity index (χ0) is 22.6. The zero-order valence-electron chi connectivity index (χ0n) is 18.5. The molecule has 0 saturated heterocycles. The molecule has 4 aromatic rings. The topological polar surface area (TPSA) is 92.5 Å². The lowest BCUT2D eigenvalue weighted by molar-refractivity contribution is -0.119. The van der Waals surface area contributed by atoms with Crippen molar-refractivity contribution in [1.29, 1.82) is 0 Å². The summed E-state index contributed by atoms with van der Waals surface area (Å²) in [5, 5.41) is 0. The first-order chi connectivity index (χ1) is 14.7. The molecule has 9 nitrogen and oxygen atoms in total. The number of methoxy groups -OCH3 is 1. The molecular formula is C22H25N5O4. The number of aromatic nitrogens is 5. The van der Waals surface area contributed by atoms with Gasteiger partial charge >= 0.3 is 5.69 Å². The van der Waals surface area contributed by atoms with Crippen LogP contribution in [0.1, 0.15) is 36.8 Å². The molecule has 3 heterocycles. The minimum atomic E-state index is -0.857. The minimum absolute atomic E-state index is 0.260. The Bertz CT molecular complexity index is 1450. The van der Waals surface area contributed by atoms with Gasteiger partial charge in [0, 0.05) is 18.4 Å². The summed E-state index contributed by atoms with van der Waals surface area (Å²) in [5.74, 6) is 1.08. The van der Waals surface area contributed by atoms with Gasteiger partial charge in [-0.25, -0.2) is 9.36 Å². The van der Waals surface area contributed by atoms with E-state index in [2.05, 4.69) is 4.98 Å². The first-order valence-corrected chi connectivity index (χ1v) is 10.00. The van der Waals surface area contributed by atoms with Crippen molar-refractivity contribution >= 4 is 22.7 Å². The second kappa shape index (κ2) is 7.26. The molecule has 162 valence electrons. The van der Waals surface area contributed by atoms with Crippen LogP contribution in [0.25, 0.3) is 16.9 Å². The Morgan fingerprint density at radius 1 is 1.13 bits per heavy atom. The second-order valence-corrected chi connectivity index (χ2v) is 7.83. The van der Waals surface area contributed by atoms with E-state index in [1.165, 1.54) is 11.5 Å². The van der Waals surface area contributed by atoms with Gasteiger partial charge in [-0.1, -0.05) is 12.1 Å². The van der Waals surface area contributed by atoms with Crippen LogP contribution in [0.15, 0.2) is 33.9 Å². The van der Waals surface area contributed by atoms with Gasteiger partial charge in [0.05, 0.1) is 19.7 Å². The Morgan fingerprint density at radius 3 is 2.35 bits per heavy atom. The highest BCUT2D eigenvalue weighted by Crippen LogP contribution is 2.23. The molecule has 9 heteroatoms. The number of aryl methyl sites for hydroxylation is 2. The van der Waals surface area contributed by atoms with Gasteiger partial charge in [-0.2, -0.15) is 4.98 Å². The normalized spacial score (nSPS) is 12.6. The van der Waals surface area contributed by atoms with Crippen molar-refractivity contribution in [2.75, 3.05) is 7.11 Å². The van der Waals surface area contributed by atoms with Crippen LogP contribution < -0.4 is 16.0 Å². The SMILES string of the molecule is COc1ccc(Cn2c(C)c(C)n3c4c(=O)n([C@@H](C)C(C)=O)c(=O)n(C)c4nc23)cc1. The van der Waals surface area contributed by atoms with Crippen LogP contribution in [0.5, 0.6) is 5.75 Å². The summed E-state index contributed by atoms with van der Waals surface area (Å²) in [6, 6.07) is 6.88. The lowest BCUT2D eigenvalue weighted by atomic mass is 10.2. The van der Waals surface area contributed by atoms with Gasteiger partial charge in [-0.05, 0) is 45.4 Å². The van der Waals surface area contributed by atoms with E-state index in [0.29, 0.717) is 23.5 Å². The highest BCUT2D eigenvalue weighted by molar-refractivity contribution is 5.81. The quantitative estimate of drug-likeness (QED) is 0.489. The third-order valence-electron chi connectivity index (χ3n) is 6.05. The Balaban J connectivity index is 2.01. The molecule has 1 atom stereocenters. The molecule has 0 aliphatic rings. The van der Waals surface area contributed by atoms with Crippen molar-refractivity contribution in [1.82, 2.24) is 23.1 Å². The third-order valence-corrected chi connectivity index (χ3v) is 6.05. The summed E-state index contributed by atoms with van der Waals surface area (Å²) in [5.41, 5.74) is 2.37. The predicted octanol–water partition coefficient (Wildman–Crippen LogP) is 1.97. The van der Waals surface area contributed by atoms with Crippen molar-refractivity contribution in [3.05, 3.63) is 62.1 Å². The number of rotatable bonds is 5. The van der Waals surface area contributed by atoms with Gasteiger partial charge in [0.2, 0.25) is 5.78 Å². The molecule has 0 N–H and O–H groups in total. The maximum absolute atomic E-state index is 13.3. The third kappa shape index (κ3) is 2.99. The molecule has 0 amide bonds. The largest absolute Gasteiger partial charge is 0.497 e. The standard InChI is InChI=1S/C22H25N5O4/c1-12-13(2)26-18-19(24(5)22(30)27(20(18)29)14(3)15(4)28)23-21(26)25(12)11-16-7-9-17(31-6)10-8-16/h7-10,14H,11H2,1-6H3/t14-/m0/s1. The minimum Gasteiger partial charge on any atom is -0.497 e. The fourth-order valence-electron chi connectivity index (χ4n) is 3.91. The Kier molecular flexibility index (Phi) is 4.83. The number of ether oxygens (including phenoxy) is 1. The van der Waals surface area contributed by atoms with Crippen LogP contribution >= 0.6 is 0 Å². The fourth-order valence-corrected chi connectivity index (χ4v) is 3.91. The summed E-state index contributed by atoms with van der Waals surface area (Å²) in [6.07, 6.45) is 0. The van der Waals surface area contributed by atoms with Gasteiger partial charge < -0.3 is 9.30 Å². The molecule has 0 bridgehead atoms. The molecule has 0 radical (unpaired) electrons. The number of fused-ring (bicyclic) bond motifs is 3. The lowest BCUT2D eigenvalue weighted by Crippen LogP contribution is -2.42. The second-order valence-electron chi connectivity index (χ2n) is 7.83. The fraction of sp³-hybridized carbons (Fsp3) is 0.364. The van der Waals surface area contributed by atoms with Crippen LogP contribution in [0.2, 0.25) is 0 Å². The number of hydrogen-bond acceptors (Lipinski definition) is 5. The van der Waals surface area contributed by atoms with Crippen LogP contribution in [0.4, 0.5) is 0 Å². The number of benzene rings is 1. The summed E-state index contributed by atoms with van der Waals surface area (Å²) >= 11 is 0. The molecule has 1 aromatic carbocycles. The summed E-state index contributed by atoms with van der Waals surface area (Å²) < 4.78 is 11.4. The summed E-state index contributed by atoms with van der Waals surface area (Å²) in [6.45, 7) is 7.35. The number of Topliss-reactive ketones (excluding diaryl/α,β-unsaturated/α-hetero) is 1. The Labute approximate surface area is 178 Å². The number of hydrogen-bond donors (Lipinski definition) is 0. The first-order valence-electron chi connectivity index (χ1n) is 10.00. The molecule has 4 rings (SSSR count). The van der Waals surface area contributed by atoms with E-state index in [1.54, 1.807) is 25.5 Å². The lowest BCUT2D eigenvalue weighted by Gasteiger charge is -2.12. The molecule has 0 aliphatic heterocycles. The van der Waals surface area contributed by atoms with Crippen LogP contribution in [-0.4, -0.2) is 36.0 Å². The van der Waals surface area contributed by atoms with Gasteiger partial charge in [0.1, 0.15) is 5.75 Å². The summed E-state index contributed by atoms with van der Waals surface area (Å²) in [4.78, 5) is 42.8. The van der Waals surface area contributed by atoms with Crippen molar-refractivity contribution in [2.24, 2.45) is 7.05 Å². The number of nitrogens with zero attached hydrogens (tertiary/aromatic N) is 5. The van der Waals surface area contributed by atoms with Crippen molar-refractivity contribution in [3.63, 3.8) is 0 Å². The Hall–Kier alpha value is -3.62. The van der Waals surface area contributed by atoms with Gasteiger partial charge in [-0.3, -0.25) is 18.6 Å². The maximum Gasteiger partial charge on any atom is 0.333 e.